The lowest BCUT2D eigenvalue weighted by molar-refractivity contribution is -0.141. The van der Waals surface area contributed by atoms with Crippen LogP contribution in [-0.2, 0) is 9.53 Å². The van der Waals surface area contributed by atoms with Crippen LogP contribution >= 0.6 is 0 Å². The number of hydrogen-bond acceptors (Lipinski definition) is 4. The quantitative estimate of drug-likeness (QED) is 0.908. The Balaban J connectivity index is 1.95. The van der Waals surface area contributed by atoms with Crippen LogP contribution in [0.2, 0.25) is 0 Å². The van der Waals surface area contributed by atoms with Gasteiger partial charge in [-0.05, 0) is 26.3 Å². The first-order chi connectivity index (χ1) is 11.8. The summed E-state index contributed by atoms with van der Waals surface area (Å²) in [7, 11) is 0. The Kier molecular flexibility index (Phi) is 6.20. The highest BCUT2D eigenvalue weighted by atomic mass is 16.6. The maximum Gasteiger partial charge on any atom is 0.410 e. The van der Waals surface area contributed by atoms with E-state index in [0.29, 0.717) is 26.2 Å². The first-order valence-corrected chi connectivity index (χ1v) is 8.44. The molecule has 6 heteroatoms. The molecule has 1 atom stereocenters. The third kappa shape index (κ3) is 5.90. The van der Waals surface area contributed by atoms with E-state index in [-0.39, 0.29) is 6.09 Å². The lowest BCUT2D eigenvalue weighted by Crippen LogP contribution is -2.54. The zero-order chi connectivity index (χ0) is 18.4. The van der Waals surface area contributed by atoms with Gasteiger partial charge in [0.15, 0.2) is 0 Å². The van der Waals surface area contributed by atoms with Gasteiger partial charge in [-0.15, -0.1) is 0 Å². The monoisotopic (exact) mass is 346 g/mol. The van der Waals surface area contributed by atoms with E-state index >= 15 is 0 Å². The van der Waals surface area contributed by atoms with Gasteiger partial charge in [0.2, 0.25) is 0 Å². The number of carboxylic acid groups (broad SMARTS) is 1. The van der Waals surface area contributed by atoms with Crippen molar-refractivity contribution in [2.45, 2.75) is 32.4 Å². The predicted octanol–water partition coefficient (Wildman–Crippen LogP) is 2.71. The number of hydrogen-bond donors (Lipinski definition) is 1. The number of carboxylic acids is 1. The molecule has 1 heterocycles. The van der Waals surface area contributed by atoms with Gasteiger partial charge in [-0.2, -0.15) is 0 Å². The van der Waals surface area contributed by atoms with E-state index < -0.39 is 17.6 Å². The molecule has 1 N–H and O–H groups in total. The van der Waals surface area contributed by atoms with Gasteiger partial charge in [0.25, 0.3) is 0 Å². The highest BCUT2D eigenvalue weighted by Crippen LogP contribution is 2.14. The van der Waals surface area contributed by atoms with E-state index in [1.807, 2.05) is 62.1 Å². The maximum absolute atomic E-state index is 12.1. The van der Waals surface area contributed by atoms with E-state index in [2.05, 4.69) is 0 Å². The molecule has 0 aliphatic carbocycles. The summed E-state index contributed by atoms with van der Waals surface area (Å²) in [5, 5.41) is 9.53. The smallest absolute Gasteiger partial charge is 0.410 e. The standard InChI is InChI=1S/C19H26N2O4/c1-19(2,3)25-18(24)21-13-11-20(12-14-21)16(17(22)23)10-9-15-7-5-4-6-8-15/h4-10,16H,11-14H2,1-3H3,(H,22,23)/b10-9-. The Labute approximate surface area is 148 Å². The largest absolute Gasteiger partial charge is 0.480 e. The maximum atomic E-state index is 12.1. The van der Waals surface area contributed by atoms with Gasteiger partial charge >= 0.3 is 12.1 Å². The molecule has 0 radical (unpaired) electrons. The van der Waals surface area contributed by atoms with E-state index in [0.717, 1.165) is 5.56 Å². The predicted molar refractivity (Wildman–Crippen MR) is 96.3 cm³/mol. The average Bonchev–Trinajstić information content (AvgIpc) is 2.54. The summed E-state index contributed by atoms with van der Waals surface area (Å²) in [5.41, 5.74) is 0.428. The molecule has 25 heavy (non-hydrogen) atoms. The summed E-state index contributed by atoms with van der Waals surface area (Å²) in [4.78, 5) is 27.2. The second kappa shape index (κ2) is 8.16. The Morgan fingerprint density at radius 2 is 1.72 bits per heavy atom. The molecule has 1 unspecified atom stereocenters. The lowest BCUT2D eigenvalue weighted by atomic mass is 10.1. The average molecular weight is 346 g/mol. The molecule has 6 nitrogen and oxygen atoms in total. The number of piperazine rings is 1. The number of benzene rings is 1. The van der Waals surface area contributed by atoms with Crippen LogP contribution in [0.5, 0.6) is 0 Å². The third-order valence-corrected chi connectivity index (χ3v) is 3.88. The number of carbonyl (C=O) groups is 2. The van der Waals surface area contributed by atoms with Crippen molar-refractivity contribution in [1.29, 1.82) is 0 Å². The van der Waals surface area contributed by atoms with Crippen LogP contribution in [0.4, 0.5) is 4.79 Å². The highest BCUT2D eigenvalue weighted by molar-refractivity contribution is 5.77. The molecule has 1 amide bonds. The molecular weight excluding hydrogens is 320 g/mol. The Bertz CT molecular complexity index is 614. The minimum Gasteiger partial charge on any atom is -0.480 e. The number of aliphatic carboxylic acids is 1. The molecule has 1 aromatic carbocycles. The van der Waals surface area contributed by atoms with Gasteiger partial charge in [-0.25, -0.2) is 4.79 Å². The lowest BCUT2D eigenvalue weighted by Gasteiger charge is -2.37. The molecule has 0 spiro atoms. The van der Waals surface area contributed by atoms with Crippen LogP contribution in [0.15, 0.2) is 36.4 Å². The molecule has 0 saturated carbocycles. The van der Waals surface area contributed by atoms with Crippen LogP contribution in [-0.4, -0.2) is 64.8 Å². The minimum absolute atomic E-state index is 0.348. The normalized spacial score (nSPS) is 17.5. The number of rotatable bonds is 4. The zero-order valence-electron chi connectivity index (χ0n) is 15.0. The summed E-state index contributed by atoms with van der Waals surface area (Å²) in [6.45, 7) is 7.39. The van der Waals surface area contributed by atoms with Gasteiger partial charge in [0, 0.05) is 26.2 Å². The van der Waals surface area contributed by atoms with Gasteiger partial charge in [-0.1, -0.05) is 42.5 Å². The minimum atomic E-state index is -0.891. The second-order valence-electron chi connectivity index (χ2n) is 7.06. The van der Waals surface area contributed by atoms with Gasteiger partial charge in [0.05, 0.1) is 0 Å². The van der Waals surface area contributed by atoms with Gasteiger partial charge < -0.3 is 14.7 Å². The number of nitrogens with zero attached hydrogens (tertiary/aromatic N) is 2. The van der Waals surface area contributed by atoms with Crippen LogP contribution in [0.3, 0.4) is 0 Å². The van der Waals surface area contributed by atoms with Crippen molar-refractivity contribution in [3.63, 3.8) is 0 Å². The van der Waals surface area contributed by atoms with Gasteiger partial charge in [-0.3, -0.25) is 9.69 Å². The van der Waals surface area contributed by atoms with E-state index in [4.69, 9.17) is 4.74 Å². The van der Waals surface area contributed by atoms with Crippen molar-refractivity contribution in [3.8, 4) is 0 Å². The SMILES string of the molecule is CC(C)(C)OC(=O)N1CCN(C(/C=C\c2ccccc2)C(=O)O)CC1. The summed E-state index contributed by atoms with van der Waals surface area (Å²) in [6.07, 6.45) is 3.17. The molecule has 136 valence electrons. The summed E-state index contributed by atoms with van der Waals surface area (Å²) in [5.74, 6) is -0.891. The molecule has 2 rings (SSSR count). The van der Waals surface area contributed by atoms with Crippen LogP contribution in [0.25, 0.3) is 6.08 Å². The fourth-order valence-corrected chi connectivity index (χ4v) is 2.64. The summed E-state index contributed by atoms with van der Waals surface area (Å²) < 4.78 is 5.36. The molecule has 0 aromatic heterocycles. The Morgan fingerprint density at radius 1 is 1.12 bits per heavy atom. The van der Waals surface area contributed by atoms with E-state index in [1.165, 1.54) is 0 Å². The molecule has 1 aromatic rings. The Hall–Kier alpha value is -2.34. The van der Waals surface area contributed by atoms with Crippen molar-refractivity contribution in [2.75, 3.05) is 26.2 Å². The second-order valence-corrected chi connectivity index (χ2v) is 7.06. The molecule has 0 bridgehead atoms. The van der Waals surface area contributed by atoms with E-state index in [9.17, 15) is 14.7 Å². The fourth-order valence-electron chi connectivity index (χ4n) is 2.64. The van der Waals surface area contributed by atoms with Crippen LogP contribution in [0.1, 0.15) is 26.3 Å². The number of amides is 1. The van der Waals surface area contributed by atoms with E-state index in [1.54, 1.807) is 11.0 Å². The molecule has 1 saturated heterocycles. The van der Waals surface area contributed by atoms with Crippen molar-refractivity contribution in [3.05, 3.63) is 42.0 Å². The molecular formula is C19H26N2O4. The zero-order valence-corrected chi connectivity index (χ0v) is 15.0. The molecule has 1 fully saturated rings. The third-order valence-electron chi connectivity index (χ3n) is 3.88. The van der Waals surface area contributed by atoms with Crippen LogP contribution < -0.4 is 0 Å². The summed E-state index contributed by atoms with van der Waals surface area (Å²) in [6, 6.07) is 8.89. The first kappa shape index (κ1) is 19.0. The summed E-state index contributed by atoms with van der Waals surface area (Å²) >= 11 is 0. The van der Waals surface area contributed by atoms with Crippen molar-refractivity contribution in [1.82, 2.24) is 9.80 Å². The first-order valence-electron chi connectivity index (χ1n) is 8.44. The number of ether oxygens (including phenoxy) is 1. The topological polar surface area (TPSA) is 70.1 Å². The number of carbonyl (C=O) groups excluding carboxylic acids is 1. The van der Waals surface area contributed by atoms with Crippen molar-refractivity contribution >= 4 is 18.1 Å². The molecule has 1 aliphatic heterocycles. The van der Waals surface area contributed by atoms with Crippen molar-refractivity contribution < 1.29 is 19.4 Å². The fraction of sp³-hybridized carbons (Fsp3) is 0.474. The Morgan fingerprint density at radius 3 is 2.24 bits per heavy atom. The van der Waals surface area contributed by atoms with Gasteiger partial charge in [0.1, 0.15) is 11.6 Å². The van der Waals surface area contributed by atoms with Crippen molar-refractivity contribution in [2.24, 2.45) is 0 Å². The highest BCUT2D eigenvalue weighted by Gasteiger charge is 2.30. The molecule has 1 aliphatic rings. The van der Waals surface area contributed by atoms with Crippen LogP contribution in [0, 0.1) is 0 Å².